The summed E-state index contributed by atoms with van der Waals surface area (Å²) in [5.74, 6) is -1.21. The number of sulfonamides is 1. The predicted octanol–water partition coefficient (Wildman–Crippen LogP) is 2.24. The summed E-state index contributed by atoms with van der Waals surface area (Å²) < 4.78 is 77.4. The minimum absolute atomic E-state index is 0. The Morgan fingerprint density at radius 3 is 2.45 bits per heavy atom. The second-order valence-electron chi connectivity index (χ2n) is 4.89. The SMILES string of the molecule is Cl.NCC1CCN(S(=O)(=O)c2ccc(F)cc2C(F)(F)F)C1. The van der Waals surface area contributed by atoms with Crippen molar-refractivity contribution in [1.29, 1.82) is 0 Å². The zero-order chi connectivity index (χ0) is 15.8. The molecule has 0 radical (unpaired) electrons. The second kappa shape index (κ2) is 6.69. The molecule has 4 nitrogen and oxygen atoms in total. The van der Waals surface area contributed by atoms with Crippen LogP contribution < -0.4 is 5.73 Å². The first-order chi connectivity index (χ1) is 9.66. The number of hydrogen-bond acceptors (Lipinski definition) is 3. The van der Waals surface area contributed by atoms with Gasteiger partial charge in [-0.05, 0) is 37.1 Å². The van der Waals surface area contributed by atoms with Crippen LogP contribution in [0.25, 0.3) is 0 Å². The van der Waals surface area contributed by atoms with Crippen molar-refractivity contribution >= 4 is 22.4 Å². The van der Waals surface area contributed by atoms with Crippen LogP contribution in [0.4, 0.5) is 17.6 Å². The van der Waals surface area contributed by atoms with E-state index in [9.17, 15) is 26.0 Å². The first-order valence-corrected chi connectivity index (χ1v) is 7.67. The number of halogens is 5. The highest BCUT2D eigenvalue weighted by molar-refractivity contribution is 7.89. The minimum Gasteiger partial charge on any atom is -0.330 e. The molecular weight excluding hydrogens is 348 g/mol. The Morgan fingerprint density at radius 1 is 1.32 bits per heavy atom. The Labute approximate surface area is 131 Å². The van der Waals surface area contributed by atoms with E-state index in [1.54, 1.807) is 0 Å². The lowest BCUT2D eigenvalue weighted by atomic mass is 10.1. The third kappa shape index (κ3) is 3.70. The molecule has 1 atom stereocenters. The van der Waals surface area contributed by atoms with Crippen LogP contribution in [0.2, 0.25) is 0 Å². The van der Waals surface area contributed by atoms with Gasteiger partial charge in [-0.25, -0.2) is 12.8 Å². The highest BCUT2D eigenvalue weighted by Gasteiger charge is 2.41. The van der Waals surface area contributed by atoms with E-state index in [1.807, 2.05) is 0 Å². The van der Waals surface area contributed by atoms with Crippen LogP contribution in [0, 0.1) is 11.7 Å². The molecule has 1 aliphatic heterocycles. The third-order valence-electron chi connectivity index (χ3n) is 3.45. The van der Waals surface area contributed by atoms with Crippen molar-refractivity contribution in [1.82, 2.24) is 4.31 Å². The number of alkyl halides is 3. The van der Waals surface area contributed by atoms with Crippen LogP contribution in [-0.4, -0.2) is 32.4 Å². The summed E-state index contributed by atoms with van der Waals surface area (Å²) in [6.45, 7) is 0.452. The van der Waals surface area contributed by atoms with Gasteiger partial charge in [0.1, 0.15) is 5.82 Å². The predicted molar refractivity (Wildman–Crippen MR) is 74.6 cm³/mol. The van der Waals surface area contributed by atoms with Gasteiger partial charge < -0.3 is 5.73 Å². The molecule has 10 heteroatoms. The van der Waals surface area contributed by atoms with Gasteiger partial charge in [0.15, 0.2) is 0 Å². The quantitative estimate of drug-likeness (QED) is 0.839. The number of benzene rings is 1. The molecule has 22 heavy (non-hydrogen) atoms. The summed E-state index contributed by atoms with van der Waals surface area (Å²) in [5.41, 5.74) is 3.96. The lowest BCUT2D eigenvalue weighted by Crippen LogP contribution is -2.31. The van der Waals surface area contributed by atoms with Gasteiger partial charge in [-0.2, -0.15) is 17.5 Å². The highest BCUT2D eigenvalue weighted by Crippen LogP contribution is 2.36. The molecule has 1 heterocycles. The molecule has 1 aromatic rings. The van der Waals surface area contributed by atoms with Crippen LogP contribution >= 0.6 is 12.4 Å². The Balaban J connectivity index is 0.00000242. The van der Waals surface area contributed by atoms with Gasteiger partial charge in [-0.1, -0.05) is 0 Å². The maximum absolute atomic E-state index is 13.0. The molecule has 0 amide bonds. The van der Waals surface area contributed by atoms with Crippen molar-refractivity contribution in [3.05, 3.63) is 29.6 Å². The summed E-state index contributed by atoms with van der Waals surface area (Å²) in [5, 5.41) is 0. The maximum Gasteiger partial charge on any atom is 0.417 e. The molecule has 2 N–H and O–H groups in total. The van der Waals surface area contributed by atoms with Gasteiger partial charge >= 0.3 is 6.18 Å². The van der Waals surface area contributed by atoms with Gasteiger partial charge in [0, 0.05) is 13.1 Å². The topological polar surface area (TPSA) is 63.4 Å². The second-order valence-corrected chi connectivity index (χ2v) is 6.80. The number of nitrogens with two attached hydrogens (primary N) is 1. The molecule has 0 bridgehead atoms. The Kier molecular flexibility index (Phi) is 5.82. The fourth-order valence-electron chi connectivity index (χ4n) is 2.30. The summed E-state index contributed by atoms with van der Waals surface area (Å²) in [6.07, 6.45) is -4.45. The van der Waals surface area contributed by atoms with E-state index in [1.165, 1.54) is 0 Å². The van der Waals surface area contributed by atoms with Crippen LogP contribution in [0.5, 0.6) is 0 Å². The van der Waals surface area contributed by atoms with E-state index in [0.717, 1.165) is 4.31 Å². The maximum atomic E-state index is 13.0. The van der Waals surface area contributed by atoms with Crippen LogP contribution in [-0.2, 0) is 16.2 Å². The molecule has 1 fully saturated rings. The molecule has 2 rings (SSSR count). The molecule has 1 aromatic carbocycles. The van der Waals surface area contributed by atoms with E-state index in [0.29, 0.717) is 18.6 Å². The standard InChI is InChI=1S/C12H14F4N2O2S.ClH/c13-9-1-2-11(10(5-9)12(14,15)16)21(19,20)18-4-3-8(6-17)7-18;/h1-2,5,8H,3-4,6-7,17H2;1H. The normalized spacial score (nSPS) is 20.0. The number of hydrogen-bond donors (Lipinski definition) is 1. The molecular formula is C12H15ClF4N2O2S. The van der Waals surface area contributed by atoms with E-state index in [-0.39, 0.29) is 44.0 Å². The zero-order valence-electron chi connectivity index (χ0n) is 11.3. The van der Waals surface area contributed by atoms with Crippen molar-refractivity contribution in [3.8, 4) is 0 Å². The average molecular weight is 363 g/mol. The van der Waals surface area contributed by atoms with E-state index in [2.05, 4.69) is 0 Å². The van der Waals surface area contributed by atoms with E-state index in [4.69, 9.17) is 5.73 Å². The molecule has 126 valence electrons. The molecule has 0 saturated carbocycles. The van der Waals surface area contributed by atoms with E-state index < -0.39 is 32.5 Å². The summed E-state index contributed by atoms with van der Waals surface area (Å²) in [6, 6.07) is 1.56. The Hall–Kier alpha value is -0.900. The van der Waals surface area contributed by atoms with Crippen molar-refractivity contribution in [3.63, 3.8) is 0 Å². The van der Waals surface area contributed by atoms with Crippen molar-refractivity contribution in [2.45, 2.75) is 17.5 Å². The highest BCUT2D eigenvalue weighted by atomic mass is 35.5. The molecule has 1 unspecified atom stereocenters. The first-order valence-electron chi connectivity index (χ1n) is 6.23. The molecule has 0 aliphatic carbocycles. The smallest absolute Gasteiger partial charge is 0.330 e. The van der Waals surface area contributed by atoms with Gasteiger partial charge in [0.2, 0.25) is 10.0 Å². The third-order valence-corrected chi connectivity index (χ3v) is 5.37. The Bertz CT molecular complexity index is 637. The fourth-order valence-corrected chi connectivity index (χ4v) is 4.02. The van der Waals surface area contributed by atoms with Crippen LogP contribution in [0.1, 0.15) is 12.0 Å². The number of nitrogens with zero attached hydrogens (tertiary/aromatic N) is 1. The van der Waals surface area contributed by atoms with Crippen LogP contribution in [0.15, 0.2) is 23.1 Å². The molecule has 1 aliphatic rings. The largest absolute Gasteiger partial charge is 0.417 e. The molecule has 0 aromatic heterocycles. The summed E-state index contributed by atoms with van der Waals surface area (Å²) in [7, 11) is -4.32. The summed E-state index contributed by atoms with van der Waals surface area (Å²) in [4.78, 5) is -0.922. The van der Waals surface area contributed by atoms with Crippen molar-refractivity contribution in [2.75, 3.05) is 19.6 Å². The molecule has 1 saturated heterocycles. The van der Waals surface area contributed by atoms with Crippen molar-refractivity contribution < 1.29 is 26.0 Å². The minimum atomic E-state index is -4.95. The van der Waals surface area contributed by atoms with Gasteiger partial charge in [-0.3, -0.25) is 0 Å². The Morgan fingerprint density at radius 2 is 1.95 bits per heavy atom. The number of rotatable bonds is 3. The zero-order valence-corrected chi connectivity index (χ0v) is 12.9. The van der Waals surface area contributed by atoms with Gasteiger partial charge in [0.05, 0.1) is 10.5 Å². The van der Waals surface area contributed by atoms with Crippen LogP contribution in [0.3, 0.4) is 0 Å². The molecule has 0 spiro atoms. The van der Waals surface area contributed by atoms with Crippen molar-refractivity contribution in [2.24, 2.45) is 11.7 Å². The summed E-state index contributed by atoms with van der Waals surface area (Å²) >= 11 is 0. The average Bonchev–Trinajstić information content (AvgIpc) is 2.86. The monoisotopic (exact) mass is 362 g/mol. The lowest BCUT2D eigenvalue weighted by molar-refractivity contribution is -0.140. The first kappa shape index (κ1) is 19.1. The lowest BCUT2D eigenvalue weighted by Gasteiger charge is -2.19. The van der Waals surface area contributed by atoms with Gasteiger partial charge in [-0.15, -0.1) is 12.4 Å². The fraction of sp³-hybridized carbons (Fsp3) is 0.500. The van der Waals surface area contributed by atoms with E-state index >= 15 is 0 Å². The van der Waals surface area contributed by atoms with Gasteiger partial charge in [0.25, 0.3) is 0 Å².